The van der Waals surface area contributed by atoms with Gasteiger partial charge >= 0.3 is 0 Å². The van der Waals surface area contributed by atoms with Crippen LogP contribution in [0.2, 0.25) is 5.02 Å². The van der Waals surface area contributed by atoms with Crippen LogP contribution < -0.4 is 4.74 Å². The summed E-state index contributed by atoms with van der Waals surface area (Å²) in [6.07, 6.45) is 1.46. The zero-order valence-corrected chi connectivity index (χ0v) is 10.6. The highest BCUT2D eigenvalue weighted by atomic mass is 79.9. The lowest BCUT2D eigenvalue weighted by molar-refractivity contribution is 0.412. The molecule has 1 aromatic heterocycles. The highest BCUT2D eigenvalue weighted by Crippen LogP contribution is 2.33. The van der Waals surface area contributed by atoms with Crippen molar-refractivity contribution in [3.63, 3.8) is 0 Å². The number of benzene rings is 1. The molecule has 0 saturated carbocycles. The van der Waals surface area contributed by atoms with Crippen LogP contribution in [-0.2, 0) is 0 Å². The second-order valence-corrected chi connectivity index (χ2v) is 4.33. The van der Waals surface area contributed by atoms with E-state index < -0.39 is 0 Å². The Balaban J connectivity index is 2.82. The van der Waals surface area contributed by atoms with Crippen LogP contribution >= 0.6 is 27.5 Å². The summed E-state index contributed by atoms with van der Waals surface area (Å²) >= 11 is 9.45. The Hall–Kier alpha value is -1.31. The van der Waals surface area contributed by atoms with Gasteiger partial charge in [-0.05, 0) is 22.0 Å². The minimum absolute atomic E-state index is 0.367. The number of nitriles is 1. The van der Waals surface area contributed by atoms with Gasteiger partial charge in [0.05, 0.1) is 27.7 Å². The van der Waals surface area contributed by atoms with Crippen LogP contribution in [0.5, 0.6) is 5.75 Å². The minimum Gasteiger partial charge on any atom is -0.495 e. The van der Waals surface area contributed by atoms with Crippen LogP contribution in [0.1, 0.15) is 5.56 Å². The van der Waals surface area contributed by atoms with Crippen LogP contribution in [0.15, 0.2) is 22.8 Å². The Morgan fingerprint density at radius 3 is 2.88 bits per heavy atom. The first-order chi connectivity index (χ1) is 7.67. The van der Waals surface area contributed by atoms with Crippen molar-refractivity contribution in [2.24, 2.45) is 0 Å². The number of rotatable bonds is 1. The van der Waals surface area contributed by atoms with Crippen molar-refractivity contribution >= 4 is 38.4 Å². The van der Waals surface area contributed by atoms with Gasteiger partial charge in [-0.2, -0.15) is 5.26 Å². The lowest BCUT2D eigenvalue weighted by Gasteiger charge is -2.06. The maximum Gasteiger partial charge on any atom is 0.135 e. The molecule has 0 aliphatic rings. The molecule has 0 bridgehead atoms. The molecular formula is C11H6BrClN2O. The number of fused-ring (bicyclic) bond motifs is 1. The summed E-state index contributed by atoms with van der Waals surface area (Å²) in [4.78, 5) is 4.15. The van der Waals surface area contributed by atoms with E-state index >= 15 is 0 Å². The molecule has 0 N–H and O–H groups in total. The molecule has 5 heteroatoms. The largest absolute Gasteiger partial charge is 0.495 e. The molecule has 2 aromatic rings. The highest BCUT2D eigenvalue weighted by molar-refractivity contribution is 9.10. The van der Waals surface area contributed by atoms with Gasteiger partial charge in [-0.25, -0.2) is 0 Å². The molecule has 0 saturated heterocycles. The van der Waals surface area contributed by atoms with Crippen molar-refractivity contribution < 1.29 is 4.74 Å². The second-order valence-electron chi connectivity index (χ2n) is 3.10. The fourth-order valence-electron chi connectivity index (χ4n) is 1.40. The maximum atomic E-state index is 8.84. The van der Waals surface area contributed by atoms with Crippen molar-refractivity contribution in [2.75, 3.05) is 7.11 Å². The molecule has 16 heavy (non-hydrogen) atoms. The molecule has 0 fully saturated rings. The van der Waals surface area contributed by atoms with Gasteiger partial charge in [0.1, 0.15) is 11.8 Å². The number of ether oxygens (including phenoxy) is 1. The number of nitrogens with zero attached hydrogens (tertiary/aromatic N) is 2. The van der Waals surface area contributed by atoms with Crippen LogP contribution in [0.3, 0.4) is 0 Å². The fourth-order valence-corrected chi connectivity index (χ4v) is 2.14. The van der Waals surface area contributed by atoms with Crippen LogP contribution in [0.25, 0.3) is 10.9 Å². The molecule has 0 amide bonds. The number of aromatic nitrogens is 1. The average molecular weight is 298 g/mol. The van der Waals surface area contributed by atoms with E-state index in [1.165, 1.54) is 6.20 Å². The Labute approximate surface area is 106 Å². The zero-order valence-electron chi connectivity index (χ0n) is 8.29. The summed E-state index contributed by atoms with van der Waals surface area (Å²) in [5.41, 5.74) is 1.07. The van der Waals surface area contributed by atoms with Gasteiger partial charge in [0, 0.05) is 17.6 Å². The molecule has 2 rings (SSSR count). The summed E-state index contributed by atoms with van der Waals surface area (Å²) in [6, 6.07) is 5.56. The topological polar surface area (TPSA) is 45.9 Å². The molecule has 3 nitrogen and oxygen atoms in total. The van der Waals surface area contributed by atoms with E-state index in [1.54, 1.807) is 19.2 Å². The van der Waals surface area contributed by atoms with Gasteiger partial charge in [0.15, 0.2) is 0 Å². The zero-order chi connectivity index (χ0) is 11.7. The summed E-state index contributed by atoms with van der Waals surface area (Å²) < 4.78 is 5.93. The van der Waals surface area contributed by atoms with Gasteiger partial charge in [-0.3, -0.25) is 4.98 Å². The quantitative estimate of drug-likeness (QED) is 0.809. The standard InChI is InChI=1S/C11H6BrClN2O/c1-16-10-3-9-7(2-8(10)12)11(13)6(4-14)5-15-9/h2-3,5H,1H3. The predicted molar refractivity (Wildman–Crippen MR) is 65.7 cm³/mol. The molecule has 0 radical (unpaired) electrons. The molecule has 80 valence electrons. The molecule has 0 spiro atoms. The normalized spacial score (nSPS) is 10.1. The van der Waals surface area contributed by atoms with E-state index in [0.717, 1.165) is 9.86 Å². The van der Waals surface area contributed by atoms with Crippen molar-refractivity contribution in [1.29, 1.82) is 5.26 Å². The summed E-state index contributed by atoms with van der Waals surface area (Å²) in [5.74, 6) is 0.681. The Morgan fingerprint density at radius 2 is 2.25 bits per heavy atom. The monoisotopic (exact) mass is 296 g/mol. The molecule has 0 aliphatic carbocycles. The first-order valence-electron chi connectivity index (χ1n) is 4.39. The van der Waals surface area contributed by atoms with E-state index in [-0.39, 0.29) is 0 Å². The first-order valence-corrected chi connectivity index (χ1v) is 5.56. The van der Waals surface area contributed by atoms with Gasteiger partial charge in [-0.1, -0.05) is 11.6 Å². The third-order valence-corrected chi connectivity index (χ3v) is 3.22. The number of hydrogen-bond donors (Lipinski definition) is 0. The molecule has 1 aromatic carbocycles. The van der Waals surface area contributed by atoms with Crippen LogP contribution in [-0.4, -0.2) is 12.1 Å². The Morgan fingerprint density at radius 1 is 1.50 bits per heavy atom. The Kier molecular flexibility index (Phi) is 2.99. The molecule has 0 unspecified atom stereocenters. The lowest BCUT2D eigenvalue weighted by atomic mass is 10.1. The third kappa shape index (κ3) is 1.73. The van der Waals surface area contributed by atoms with Crippen molar-refractivity contribution in [3.8, 4) is 11.8 Å². The van der Waals surface area contributed by atoms with E-state index in [9.17, 15) is 0 Å². The van der Waals surface area contributed by atoms with Gasteiger partial charge in [0.2, 0.25) is 0 Å². The van der Waals surface area contributed by atoms with Crippen LogP contribution in [0, 0.1) is 11.3 Å². The summed E-state index contributed by atoms with van der Waals surface area (Å²) in [5, 5.41) is 9.98. The average Bonchev–Trinajstić information content (AvgIpc) is 2.30. The van der Waals surface area contributed by atoms with Crippen molar-refractivity contribution in [1.82, 2.24) is 4.98 Å². The van der Waals surface area contributed by atoms with E-state index in [0.29, 0.717) is 21.9 Å². The second kappa shape index (κ2) is 4.28. The SMILES string of the molecule is COc1cc2ncc(C#N)c(Cl)c2cc1Br. The van der Waals surface area contributed by atoms with Crippen molar-refractivity contribution in [2.45, 2.75) is 0 Å². The minimum atomic E-state index is 0.367. The number of pyridine rings is 1. The Bertz CT molecular complexity index is 607. The summed E-state index contributed by atoms with van der Waals surface area (Å²) in [7, 11) is 1.58. The third-order valence-electron chi connectivity index (χ3n) is 2.20. The van der Waals surface area contributed by atoms with Crippen molar-refractivity contribution in [3.05, 3.63) is 33.4 Å². The van der Waals surface area contributed by atoms with E-state index in [4.69, 9.17) is 21.6 Å². The highest BCUT2D eigenvalue weighted by Gasteiger charge is 2.10. The first kappa shape index (κ1) is 11.2. The maximum absolute atomic E-state index is 8.84. The van der Waals surface area contributed by atoms with E-state index in [1.807, 2.05) is 6.07 Å². The summed E-state index contributed by atoms with van der Waals surface area (Å²) in [6.45, 7) is 0. The smallest absolute Gasteiger partial charge is 0.135 e. The molecular weight excluding hydrogens is 291 g/mol. The number of methoxy groups -OCH3 is 1. The van der Waals surface area contributed by atoms with Gasteiger partial charge in [0.25, 0.3) is 0 Å². The molecule has 0 aliphatic heterocycles. The molecule has 1 heterocycles. The molecule has 0 atom stereocenters. The number of halogens is 2. The number of hydrogen-bond acceptors (Lipinski definition) is 3. The van der Waals surface area contributed by atoms with Gasteiger partial charge < -0.3 is 4.74 Å². The fraction of sp³-hybridized carbons (Fsp3) is 0.0909. The van der Waals surface area contributed by atoms with Gasteiger partial charge in [-0.15, -0.1) is 0 Å². The van der Waals surface area contributed by atoms with E-state index in [2.05, 4.69) is 20.9 Å². The predicted octanol–water partition coefficient (Wildman–Crippen LogP) is 3.53. The van der Waals surface area contributed by atoms with Crippen LogP contribution in [0.4, 0.5) is 0 Å². The lowest BCUT2D eigenvalue weighted by Crippen LogP contribution is -1.89.